The van der Waals surface area contributed by atoms with Crippen molar-refractivity contribution in [2.45, 2.75) is 94.4 Å². The van der Waals surface area contributed by atoms with Gasteiger partial charge in [0, 0.05) is 12.8 Å². The lowest BCUT2D eigenvalue weighted by molar-refractivity contribution is 0.626. The molecule has 0 unspecified atom stereocenters. The predicted molar refractivity (Wildman–Crippen MR) is 102 cm³/mol. The van der Waals surface area contributed by atoms with Crippen molar-refractivity contribution in [1.82, 2.24) is 0 Å². The van der Waals surface area contributed by atoms with Gasteiger partial charge in [-0.2, -0.15) is 0 Å². The van der Waals surface area contributed by atoms with E-state index in [9.17, 15) is 0 Å². The third-order valence-electron chi connectivity index (χ3n) is 2.64. The van der Waals surface area contributed by atoms with E-state index < -0.39 is 0 Å². The Hall–Kier alpha value is -0.700. The van der Waals surface area contributed by atoms with Crippen LogP contribution in [0.5, 0.6) is 0 Å². The molecule has 21 heavy (non-hydrogen) atoms. The first kappa shape index (κ1) is 25.3. The lowest BCUT2D eigenvalue weighted by Gasteiger charge is -1.94. The second-order valence-electron chi connectivity index (χ2n) is 6.62. The predicted octanol–water partition coefficient (Wildman–Crippen LogP) is 7.50. The minimum Gasteiger partial charge on any atom is -0.104 e. The Morgan fingerprint density at radius 1 is 0.714 bits per heavy atom. The Kier molecular flexibility index (Phi) is 26.0. The number of hydrogen-bond donors (Lipinski definition) is 0. The molecule has 0 aliphatic carbocycles. The molecule has 0 amide bonds. The molecule has 0 atom stereocenters. The average Bonchev–Trinajstić information content (AvgIpc) is 2.40. The van der Waals surface area contributed by atoms with Crippen molar-refractivity contribution in [3.63, 3.8) is 0 Å². The fourth-order valence-corrected chi connectivity index (χ4v) is 0.936. The van der Waals surface area contributed by atoms with Crippen molar-refractivity contribution in [2.75, 3.05) is 0 Å². The quantitative estimate of drug-likeness (QED) is 0.364. The summed E-state index contributed by atoms with van der Waals surface area (Å²) < 4.78 is 0. The van der Waals surface area contributed by atoms with Crippen LogP contribution in [0.1, 0.15) is 94.4 Å². The van der Waals surface area contributed by atoms with E-state index in [0.717, 1.165) is 30.6 Å². The molecule has 0 aromatic heterocycles. The maximum Gasteiger partial charge on any atom is 0.0112 e. The van der Waals surface area contributed by atoms with Gasteiger partial charge in [0.2, 0.25) is 0 Å². The zero-order valence-corrected chi connectivity index (χ0v) is 16.4. The second kappa shape index (κ2) is 21.6. The molecule has 126 valence electrons. The van der Waals surface area contributed by atoms with Crippen LogP contribution in [0.2, 0.25) is 0 Å². The molecular weight excluding hydrogens is 252 g/mol. The minimum atomic E-state index is 0.731. The van der Waals surface area contributed by atoms with Gasteiger partial charge < -0.3 is 0 Å². The van der Waals surface area contributed by atoms with E-state index in [0.29, 0.717) is 0 Å². The third-order valence-corrected chi connectivity index (χ3v) is 2.64. The Balaban J connectivity index is -0.000000239. The molecule has 0 saturated heterocycles. The molecule has 0 heterocycles. The van der Waals surface area contributed by atoms with Crippen LogP contribution in [0.3, 0.4) is 0 Å². The fourth-order valence-electron chi connectivity index (χ4n) is 0.936. The maximum absolute atomic E-state index is 3.08. The molecule has 0 aliphatic heterocycles. The van der Waals surface area contributed by atoms with E-state index in [1.807, 2.05) is 0 Å². The van der Waals surface area contributed by atoms with Crippen LogP contribution < -0.4 is 0 Å². The standard InChI is InChI=1S/C8H16.C8H14.C5H12/c2*1-4-5-6-7-8(2)3;1-4-5(2)3/h5-6,8H,4,7H2,1-3H3;8H,4,7H2,1-3H3;5H,4H2,1-3H3/b6-5-;;. The SMILES string of the molecule is CC/C=C\CC(C)C.CCC#CCC(C)C.CCC(C)C. The summed E-state index contributed by atoms with van der Waals surface area (Å²) in [7, 11) is 0. The Morgan fingerprint density at radius 3 is 1.52 bits per heavy atom. The van der Waals surface area contributed by atoms with Crippen molar-refractivity contribution in [2.24, 2.45) is 17.8 Å². The molecule has 0 aromatic carbocycles. The van der Waals surface area contributed by atoms with Crippen molar-refractivity contribution in [3.05, 3.63) is 12.2 Å². The first-order valence-corrected chi connectivity index (χ1v) is 8.92. The van der Waals surface area contributed by atoms with Crippen LogP contribution in [0.25, 0.3) is 0 Å². The van der Waals surface area contributed by atoms with Gasteiger partial charge in [-0.3, -0.25) is 0 Å². The van der Waals surface area contributed by atoms with Gasteiger partial charge >= 0.3 is 0 Å². The van der Waals surface area contributed by atoms with Crippen molar-refractivity contribution in [3.8, 4) is 11.8 Å². The smallest absolute Gasteiger partial charge is 0.0112 e. The highest BCUT2D eigenvalue weighted by atomic mass is 13.9. The van der Waals surface area contributed by atoms with Gasteiger partial charge in [0.1, 0.15) is 0 Å². The summed E-state index contributed by atoms with van der Waals surface area (Å²) >= 11 is 0. The molecule has 0 fully saturated rings. The van der Waals surface area contributed by atoms with Crippen molar-refractivity contribution in [1.29, 1.82) is 0 Å². The van der Waals surface area contributed by atoms with Gasteiger partial charge in [0.05, 0.1) is 0 Å². The van der Waals surface area contributed by atoms with Gasteiger partial charge in [-0.15, -0.1) is 11.8 Å². The van der Waals surface area contributed by atoms with E-state index in [1.165, 1.54) is 19.3 Å². The highest BCUT2D eigenvalue weighted by Crippen LogP contribution is 1.99. The summed E-state index contributed by atoms with van der Waals surface area (Å²) in [6.07, 6.45) is 10.2. The lowest BCUT2D eigenvalue weighted by atomic mass is 10.1. The molecule has 0 radical (unpaired) electrons. The first-order chi connectivity index (χ1) is 9.81. The Bertz CT molecular complexity index is 245. The molecule has 0 N–H and O–H groups in total. The van der Waals surface area contributed by atoms with Crippen LogP contribution >= 0.6 is 0 Å². The van der Waals surface area contributed by atoms with Gasteiger partial charge in [-0.05, 0) is 30.6 Å². The highest BCUT2D eigenvalue weighted by Gasteiger charge is 1.85. The number of rotatable bonds is 5. The molecule has 0 bridgehead atoms. The number of hydrogen-bond acceptors (Lipinski definition) is 0. The van der Waals surface area contributed by atoms with E-state index in [1.54, 1.807) is 0 Å². The molecule has 0 heteroatoms. The average molecular weight is 295 g/mol. The molecule has 0 spiro atoms. The summed E-state index contributed by atoms with van der Waals surface area (Å²) in [6.45, 7) is 19.7. The third kappa shape index (κ3) is 45.2. The summed E-state index contributed by atoms with van der Waals surface area (Å²) in [6, 6.07) is 0. The molecule has 0 rings (SSSR count). The van der Waals surface area contributed by atoms with Crippen molar-refractivity contribution >= 4 is 0 Å². The molecular formula is C21H42. The van der Waals surface area contributed by atoms with Gasteiger partial charge in [-0.25, -0.2) is 0 Å². The summed E-state index contributed by atoms with van der Waals surface area (Å²) in [5.41, 5.74) is 0. The van der Waals surface area contributed by atoms with Crippen LogP contribution in [0.4, 0.5) is 0 Å². The zero-order chi connectivity index (χ0) is 17.1. The Labute approximate surface area is 136 Å². The van der Waals surface area contributed by atoms with Crippen LogP contribution in [-0.4, -0.2) is 0 Å². The topological polar surface area (TPSA) is 0 Å². The van der Waals surface area contributed by atoms with Gasteiger partial charge in [0.25, 0.3) is 0 Å². The minimum absolute atomic E-state index is 0.731. The summed E-state index contributed by atoms with van der Waals surface area (Å²) in [5.74, 6) is 8.55. The van der Waals surface area contributed by atoms with Crippen molar-refractivity contribution < 1.29 is 0 Å². The lowest BCUT2D eigenvalue weighted by Crippen LogP contribution is -1.80. The van der Waals surface area contributed by atoms with E-state index >= 15 is 0 Å². The molecule has 0 aliphatic rings. The fraction of sp³-hybridized carbons (Fsp3) is 0.810. The van der Waals surface area contributed by atoms with Gasteiger partial charge in [-0.1, -0.05) is 80.9 Å². The largest absolute Gasteiger partial charge is 0.104 e. The van der Waals surface area contributed by atoms with Gasteiger partial charge in [0.15, 0.2) is 0 Å². The van der Waals surface area contributed by atoms with Crippen LogP contribution in [0.15, 0.2) is 12.2 Å². The molecule has 0 aromatic rings. The van der Waals surface area contributed by atoms with E-state index in [-0.39, 0.29) is 0 Å². The zero-order valence-electron chi connectivity index (χ0n) is 16.4. The second-order valence-corrected chi connectivity index (χ2v) is 6.62. The summed E-state index contributed by atoms with van der Waals surface area (Å²) in [5, 5.41) is 0. The first-order valence-electron chi connectivity index (χ1n) is 8.92. The highest BCUT2D eigenvalue weighted by molar-refractivity contribution is 4.98. The maximum atomic E-state index is 3.08. The molecule has 0 saturated carbocycles. The Morgan fingerprint density at radius 2 is 1.24 bits per heavy atom. The van der Waals surface area contributed by atoms with Crippen LogP contribution in [0, 0.1) is 29.6 Å². The summed E-state index contributed by atoms with van der Waals surface area (Å²) in [4.78, 5) is 0. The monoisotopic (exact) mass is 294 g/mol. The number of allylic oxidation sites excluding steroid dienone is 2. The molecule has 0 nitrogen and oxygen atoms in total. The normalized spacial score (nSPS) is 9.90. The van der Waals surface area contributed by atoms with E-state index in [4.69, 9.17) is 0 Å². The van der Waals surface area contributed by atoms with Crippen LogP contribution in [-0.2, 0) is 0 Å². The van der Waals surface area contributed by atoms with E-state index in [2.05, 4.69) is 86.3 Å².